The van der Waals surface area contributed by atoms with Gasteiger partial charge >= 0.3 is 5.97 Å². The lowest BCUT2D eigenvalue weighted by Crippen LogP contribution is -2.28. The first kappa shape index (κ1) is 12.5. The molecule has 1 aliphatic heterocycles. The van der Waals surface area contributed by atoms with Gasteiger partial charge in [0.1, 0.15) is 5.75 Å². The number of ether oxygens (including phenoxy) is 1. The highest BCUT2D eigenvalue weighted by molar-refractivity contribution is 5.97. The van der Waals surface area contributed by atoms with Crippen LogP contribution in [0.2, 0.25) is 0 Å². The van der Waals surface area contributed by atoms with Crippen LogP contribution in [0.15, 0.2) is 40.8 Å². The van der Waals surface area contributed by atoms with Gasteiger partial charge in [0, 0.05) is 0 Å². The minimum atomic E-state index is -1.19. The lowest BCUT2D eigenvalue weighted by atomic mass is 9.92. The molecule has 0 bridgehead atoms. The maximum absolute atomic E-state index is 12.3. The molecule has 1 unspecified atom stereocenters. The lowest BCUT2D eigenvalue weighted by molar-refractivity contribution is 0.0657. The van der Waals surface area contributed by atoms with Crippen LogP contribution in [0, 0.1) is 5.92 Å². The van der Waals surface area contributed by atoms with Crippen molar-refractivity contribution in [1.82, 2.24) is 0 Å². The molecule has 0 saturated carbocycles. The molecule has 102 valence electrons. The second kappa shape index (κ2) is 4.85. The smallest absolute Gasteiger partial charge is 0.371 e. The van der Waals surface area contributed by atoms with Crippen LogP contribution >= 0.6 is 0 Å². The summed E-state index contributed by atoms with van der Waals surface area (Å²) in [7, 11) is 0. The zero-order valence-corrected chi connectivity index (χ0v) is 10.5. The molecule has 1 N–H and O–H groups in total. The number of hydrogen-bond donors (Lipinski definition) is 1. The maximum Gasteiger partial charge on any atom is 0.371 e. The van der Waals surface area contributed by atoms with Gasteiger partial charge in [-0.2, -0.15) is 0 Å². The molecule has 5 nitrogen and oxygen atoms in total. The summed E-state index contributed by atoms with van der Waals surface area (Å²) < 4.78 is 10.6. The Morgan fingerprint density at radius 1 is 1.10 bits per heavy atom. The molecule has 3 rings (SSSR count). The van der Waals surface area contributed by atoms with Crippen molar-refractivity contribution in [1.29, 1.82) is 0 Å². The minimum absolute atomic E-state index is 0.0652. The quantitative estimate of drug-likeness (QED) is 0.868. The van der Waals surface area contributed by atoms with Gasteiger partial charge in [0.05, 0.1) is 12.5 Å². The number of carboxylic acid groups (broad SMARTS) is 1. The Labute approximate surface area is 114 Å². The molecule has 1 aromatic carbocycles. The fraction of sp³-hybridized carbons (Fsp3) is 0.200. The number of carboxylic acids is 1. The number of aromatic carboxylic acids is 1. The highest BCUT2D eigenvalue weighted by Crippen LogP contribution is 2.28. The molecule has 0 saturated heterocycles. The second-order valence-corrected chi connectivity index (χ2v) is 4.65. The van der Waals surface area contributed by atoms with Crippen molar-refractivity contribution >= 4 is 11.8 Å². The third kappa shape index (κ3) is 2.18. The van der Waals surface area contributed by atoms with Gasteiger partial charge in [0.25, 0.3) is 0 Å². The van der Waals surface area contributed by atoms with Crippen LogP contribution in [0.1, 0.15) is 26.7 Å². The Hall–Kier alpha value is -2.56. The van der Waals surface area contributed by atoms with Gasteiger partial charge in [-0.25, -0.2) is 4.79 Å². The number of ketones is 1. The SMILES string of the molecule is O=C(O)c1ccc(C(=O)C2COc3ccccc3C2)o1. The van der Waals surface area contributed by atoms with Crippen LogP contribution in [0.3, 0.4) is 0 Å². The molecule has 0 aliphatic carbocycles. The largest absolute Gasteiger partial charge is 0.493 e. The number of Topliss-reactive ketones (excluding diaryl/α,β-unsaturated/α-hetero) is 1. The Balaban J connectivity index is 1.80. The predicted molar refractivity (Wildman–Crippen MR) is 69.1 cm³/mol. The van der Waals surface area contributed by atoms with Gasteiger partial charge in [-0.1, -0.05) is 18.2 Å². The number of hydrogen-bond acceptors (Lipinski definition) is 4. The normalized spacial score (nSPS) is 17.1. The summed E-state index contributed by atoms with van der Waals surface area (Å²) in [6.45, 7) is 0.277. The van der Waals surface area contributed by atoms with Crippen molar-refractivity contribution in [2.24, 2.45) is 5.92 Å². The van der Waals surface area contributed by atoms with Crippen LogP contribution in [0.25, 0.3) is 0 Å². The first-order chi connectivity index (χ1) is 9.65. The van der Waals surface area contributed by atoms with Gasteiger partial charge in [-0.15, -0.1) is 0 Å². The summed E-state index contributed by atoms with van der Waals surface area (Å²) in [6.07, 6.45) is 0.568. The molecular formula is C15H12O5. The number of furan rings is 1. The van der Waals surface area contributed by atoms with Gasteiger partial charge in [0.2, 0.25) is 11.5 Å². The van der Waals surface area contributed by atoms with E-state index in [1.54, 1.807) is 0 Å². The summed E-state index contributed by atoms with van der Waals surface area (Å²) >= 11 is 0. The van der Waals surface area contributed by atoms with Crippen molar-refractivity contribution in [3.05, 3.63) is 53.5 Å². The van der Waals surface area contributed by atoms with Crippen LogP contribution < -0.4 is 4.74 Å². The van der Waals surface area contributed by atoms with Gasteiger partial charge < -0.3 is 14.3 Å². The van der Waals surface area contributed by atoms with E-state index in [9.17, 15) is 9.59 Å². The molecule has 2 heterocycles. The van der Waals surface area contributed by atoms with Crippen LogP contribution in [0.4, 0.5) is 0 Å². The van der Waals surface area contributed by atoms with Crippen LogP contribution in [0.5, 0.6) is 5.75 Å². The van der Waals surface area contributed by atoms with E-state index < -0.39 is 5.97 Å². The second-order valence-electron chi connectivity index (χ2n) is 4.65. The summed E-state index contributed by atoms with van der Waals surface area (Å²) in [6, 6.07) is 10.2. The number of carbonyl (C=O) groups excluding carboxylic acids is 1. The van der Waals surface area contributed by atoms with Crippen LogP contribution in [-0.2, 0) is 6.42 Å². The Morgan fingerprint density at radius 2 is 1.85 bits per heavy atom. The third-order valence-corrected chi connectivity index (χ3v) is 3.31. The standard InChI is InChI=1S/C15H12O5/c16-14(12-5-6-13(20-12)15(17)18)10-7-9-3-1-2-4-11(9)19-8-10/h1-6,10H,7-8H2,(H,17,18). The number of fused-ring (bicyclic) bond motifs is 1. The summed E-state index contributed by atoms with van der Waals surface area (Å²) in [5.74, 6) is -1.14. The summed E-state index contributed by atoms with van der Waals surface area (Å²) in [5.41, 5.74) is 0.974. The molecule has 5 heteroatoms. The van der Waals surface area contributed by atoms with E-state index >= 15 is 0 Å². The molecule has 0 spiro atoms. The molecule has 1 atom stereocenters. The first-order valence-electron chi connectivity index (χ1n) is 6.23. The molecule has 2 aromatic rings. The highest BCUT2D eigenvalue weighted by Gasteiger charge is 2.29. The molecule has 1 aromatic heterocycles. The average molecular weight is 272 g/mol. The summed E-state index contributed by atoms with van der Waals surface area (Å²) in [4.78, 5) is 23.0. The highest BCUT2D eigenvalue weighted by atomic mass is 16.5. The van der Waals surface area contributed by atoms with Crippen molar-refractivity contribution in [2.75, 3.05) is 6.61 Å². The lowest BCUT2D eigenvalue weighted by Gasteiger charge is -2.23. The Kier molecular flexibility index (Phi) is 3.02. The molecule has 0 fully saturated rings. The number of rotatable bonds is 3. The maximum atomic E-state index is 12.3. The number of para-hydroxylation sites is 1. The zero-order valence-electron chi connectivity index (χ0n) is 10.5. The minimum Gasteiger partial charge on any atom is -0.493 e. The van der Waals surface area contributed by atoms with E-state index in [2.05, 4.69) is 0 Å². The van der Waals surface area contributed by atoms with E-state index in [1.807, 2.05) is 24.3 Å². The molecule has 20 heavy (non-hydrogen) atoms. The molecule has 0 radical (unpaired) electrons. The molecular weight excluding hydrogens is 260 g/mol. The monoisotopic (exact) mass is 272 g/mol. The van der Waals surface area contributed by atoms with Crippen molar-refractivity contribution in [3.8, 4) is 5.75 Å². The third-order valence-electron chi connectivity index (χ3n) is 3.31. The van der Waals surface area contributed by atoms with E-state index in [0.29, 0.717) is 6.42 Å². The van der Waals surface area contributed by atoms with Gasteiger partial charge in [0.15, 0.2) is 5.76 Å². The van der Waals surface area contributed by atoms with Crippen molar-refractivity contribution in [3.63, 3.8) is 0 Å². The Morgan fingerprint density at radius 3 is 2.60 bits per heavy atom. The van der Waals surface area contributed by atoms with E-state index in [-0.39, 0.29) is 29.8 Å². The Bertz CT molecular complexity index is 670. The van der Waals surface area contributed by atoms with E-state index in [1.165, 1.54) is 12.1 Å². The van der Waals surface area contributed by atoms with Crippen LogP contribution in [-0.4, -0.2) is 23.5 Å². The first-order valence-corrected chi connectivity index (χ1v) is 6.23. The fourth-order valence-corrected chi connectivity index (χ4v) is 2.28. The fourth-order valence-electron chi connectivity index (χ4n) is 2.28. The number of benzene rings is 1. The van der Waals surface area contributed by atoms with E-state index in [0.717, 1.165) is 11.3 Å². The topological polar surface area (TPSA) is 76.7 Å². The predicted octanol–water partition coefficient (Wildman–Crippen LogP) is 2.41. The molecule has 1 aliphatic rings. The number of carbonyl (C=O) groups is 2. The van der Waals surface area contributed by atoms with Crippen molar-refractivity contribution in [2.45, 2.75) is 6.42 Å². The van der Waals surface area contributed by atoms with E-state index in [4.69, 9.17) is 14.3 Å². The zero-order chi connectivity index (χ0) is 14.1. The average Bonchev–Trinajstić information content (AvgIpc) is 2.96. The van der Waals surface area contributed by atoms with Gasteiger partial charge in [-0.3, -0.25) is 4.79 Å². The van der Waals surface area contributed by atoms with Gasteiger partial charge in [-0.05, 0) is 30.2 Å². The summed E-state index contributed by atoms with van der Waals surface area (Å²) in [5, 5.41) is 8.79. The molecule has 0 amide bonds. The van der Waals surface area contributed by atoms with Crippen molar-refractivity contribution < 1.29 is 23.8 Å².